The normalized spacial score (nSPS) is 31.3. The van der Waals surface area contributed by atoms with Crippen LogP contribution in [0.3, 0.4) is 0 Å². The quantitative estimate of drug-likeness (QED) is 0.153. The molecule has 1 aliphatic heterocycles. The number of amidine groups is 1. The molecule has 0 aliphatic carbocycles. The molecule has 0 aromatic rings. The van der Waals surface area contributed by atoms with E-state index in [0.717, 1.165) is 0 Å². The number of ether oxygens (including phenoxy) is 1. The molecule has 7 N–H and O–H groups in total. The molecule has 108 valence electrons. The smallest absolute Gasteiger partial charge is 0.319 e. The van der Waals surface area contributed by atoms with E-state index in [2.05, 4.69) is 14.9 Å². The number of halogens is 2. The van der Waals surface area contributed by atoms with E-state index >= 15 is 0 Å². The lowest BCUT2D eigenvalue weighted by molar-refractivity contribution is -0.116. The van der Waals surface area contributed by atoms with Crippen molar-refractivity contribution >= 4 is 18.0 Å². The van der Waals surface area contributed by atoms with Gasteiger partial charge >= 0.3 is 5.92 Å². The Bertz CT molecular complexity index is 403. The number of nitrogens with one attached hydrogen (secondary N) is 2. The summed E-state index contributed by atoms with van der Waals surface area (Å²) in [5.74, 6) is -4.87. The molecule has 3 atom stereocenters. The summed E-state index contributed by atoms with van der Waals surface area (Å²) in [7, 11) is 0. The number of hydrogen-bond acceptors (Lipinski definition) is 6. The highest BCUT2D eigenvalue weighted by atomic mass is 19.3. The lowest BCUT2D eigenvalue weighted by Gasteiger charge is -2.20. The van der Waals surface area contributed by atoms with E-state index in [1.54, 1.807) is 0 Å². The summed E-state index contributed by atoms with van der Waals surface area (Å²) < 4.78 is 31.8. The number of oxime groups is 1. The molecule has 0 radical (unpaired) electrons. The minimum atomic E-state index is -3.74. The Labute approximate surface area is 105 Å². The summed E-state index contributed by atoms with van der Waals surface area (Å²) in [5, 5.41) is 37.7. The predicted octanol–water partition coefficient (Wildman–Crippen LogP) is -1.96. The van der Waals surface area contributed by atoms with Gasteiger partial charge in [0.1, 0.15) is 11.9 Å². The van der Waals surface area contributed by atoms with E-state index in [9.17, 15) is 13.9 Å². The largest absolute Gasteiger partial charge is 0.408 e. The Hall–Kier alpha value is -1.85. The van der Waals surface area contributed by atoms with Crippen molar-refractivity contribution < 1.29 is 28.9 Å². The zero-order valence-corrected chi connectivity index (χ0v) is 9.49. The average molecular weight is 281 g/mol. The zero-order valence-electron chi connectivity index (χ0n) is 9.49. The minimum Gasteiger partial charge on any atom is -0.408 e. The van der Waals surface area contributed by atoms with Gasteiger partial charge in [0, 0.05) is 0 Å². The van der Waals surface area contributed by atoms with Crippen LogP contribution in [0.4, 0.5) is 8.78 Å². The van der Waals surface area contributed by atoms with Crippen molar-refractivity contribution in [2.24, 2.45) is 15.9 Å². The van der Waals surface area contributed by atoms with Crippen LogP contribution < -0.4 is 11.1 Å². The van der Waals surface area contributed by atoms with E-state index in [-0.39, 0.29) is 0 Å². The maximum absolute atomic E-state index is 13.5. The summed E-state index contributed by atoms with van der Waals surface area (Å²) in [6, 6.07) is 0. The Morgan fingerprint density at radius 2 is 2.21 bits per heavy atom. The number of nitrogens with zero attached hydrogens (tertiary/aromatic N) is 2. The molecular weight excluding hydrogens is 268 g/mol. The van der Waals surface area contributed by atoms with Gasteiger partial charge in [-0.15, -0.1) is 0 Å². The second-order valence-electron chi connectivity index (χ2n) is 3.61. The van der Waals surface area contributed by atoms with Gasteiger partial charge in [-0.1, -0.05) is 0 Å². The highest BCUT2D eigenvalue weighted by Crippen LogP contribution is 2.34. The summed E-state index contributed by atoms with van der Waals surface area (Å²) in [5.41, 5.74) is 5.13. The van der Waals surface area contributed by atoms with Crippen LogP contribution in [0.25, 0.3) is 0 Å². The van der Waals surface area contributed by atoms with Crippen molar-refractivity contribution in [2.45, 2.75) is 24.4 Å². The number of aliphatic hydroxyl groups excluding tert-OH is 2. The molecule has 0 unspecified atom stereocenters. The Morgan fingerprint density at radius 3 is 2.63 bits per heavy atom. The van der Waals surface area contributed by atoms with Crippen LogP contribution in [0.1, 0.15) is 0 Å². The first kappa shape index (κ1) is 15.2. The maximum atomic E-state index is 13.5. The van der Waals surface area contributed by atoms with Crippen LogP contribution >= 0.6 is 0 Å². The SMILES string of the molecule is N=C/C(N)=N\C(=N/O)N[C@@H]1O[C@H](CO)[C@@H](O)C1(F)F. The third-order valence-electron chi connectivity index (χ3n) is 2.32. The molecule has 11 heteroatoms. The van der Waals surface area contributed by atoms with Crippen molar-refractivity contribution in [3.8, 4) is 0 Å². The lowest BCUT2D eigenvalue weighted by Crippen LogP contribution is -2.49. The van der Waals surface area contributed by atoms with E-state index < -0.39 is 42.8 Å². The molecule has 0 amide bonds. The van der Waals surface area contributed by atoms with E-state index in [1.165, 1.54) is 0 Å². The highest BCUT2D eigenvalue weighted by molar-refractivity contribution is 6.29. The number of nitrogens with two attached hydrogens (primary N) is 1. The van der Waals surface area contributed by atoms with Gasteiger partial charge in [-0.3, -0.25) is 0 Å². The molecule has 1 aliphatic rings. The van der Waals surface area contributed by atoms with Gasteiger partial charge in [0.15, 0.2) is 12.3 Å². The van der Waals surface area contributed by atoms with Gasteiger partial charge in [0.25, 0.3) is 5.96 Å². The average Bonchev–Trinajstić information content (AvgIpc) is 2.60. The molecule has 1 fully saturated rings. The molecule has 1 saturated heterocycles. The van der Waals surface area contributed by atoms with Gasteiger partial charge in [0.05, 0.1) is 12.8 Å². The second kappa shape index (κ2) is 5.86. The Kier molecular flexibility index (Phi) is 4.69. The first-order valence-electron chi connectivity index (χ1n) is 5.02. The van der Waals surface area contributed by atoms with E-state index in [0.29, 0.717) is 6.21 Å². The van der Waals surface area contributed by atoms with Gasteiger partial charge in [-0.05, 0) is 5.16 Å². The van der Waals surface area contributed by atoms with Gasteiger partial charge in [0.2, 0.25) is 0 Å². The third kappa shape index (κ3) is 3.13. The number of alkyl halides is 2. The van der Waals surface area contributed by atoms with Crippen LogP contribution in [0, 0.1) is 5.41 Å². The van der Waals surface area contributed by atoms with Crippen molar-refractivity contribution in [3.05, 3.63) is 0 Å². The maximum Gasteiger partial charge on any atom is 0.319 e. The van der Waals surface area contributed by atoms with Gasteiger partial charge in [-0.25, -0.2) is 0 Å². The van der Waals surface area contributed by atoms with Crippen LogP contribution in [0.15, 0.2) is 10.1 Å². The summed E-state index contributed by atoms with van der Waals surface area (Å²) in [6.45, 7) is -0.813. The first-order valence-corrected chi connectivity index (χ1v) is 5.02. The summed E-state index contributed by atoms with van der Waals surface area (Å²) in [6.07, 6.45) is -5.17. The minimum absolute atomic E-state index is 0.402. The molecule has 1 heterocycles. The summed E-state index contributed by atoms with van der Waals surface area (Å²) in [4.78, 5) is 3.30. The van der Waals surface area contributed by atoms with Crippen molar-refractivity contribution in [1.29, 1.82) is 5.41 Å². The number of guanidine groups is 1. The van der Waals surface area contributed by atoms with Crippen molar-refractivity contribution in [2.75, 3.05) is 6.61 Å². The lowest BCUT2D eigenvalue weighted by atomic mass is 10.1. The molecule has 0 spiro atoms. The molecule has 0 bridgehead atoms. The summed E-state index contributed by atoms with van der Waals surface area (Å²) >= 11 is 0. The number of aliphatic imine (C=N–C) groups is 1. The molecular formula is C8H13F2N5O4. The fourth-order valence-corrected chi connectivity index (χ4v) is 1.37. The Morgan fingerprint density at radius 1 is 1.58 bits per heavy atom. The zero-order chi connectivity index (χ0) is 14.6. The standard InChI is InChI=1S/C8H13F2N5O4/c9-8(10)5(17)3(2-16)19-6(8)14-7(15-18)13-4(12)1-11/h1,3,5-6,11,16-18H,2H2,(H3,12,13,14,15)/t3-,5-,6-/m1/s1. The number of aliphatic hydroxyl groups is 2. The van der Waals surface area contributed by atoms with Crippen LogP contribution in [0.5, 0.6) is 0 Å². The van der Waals surface area contributed by atoms with E-state index in [4.69, 9.17) is 21.5 Å². The molecule has 9 nitrogen and oxygen atoms in total. The fourth-order valence-electron chi connectivity index (χ4n) is 1.37. The van der Waals surface area contributed by atoms with Crippen LogP contribution in [-0.4, -0.2) is 64.4 Å². The highest BCUT2D eigenvalue weighted by Gasteiger charge is 2.58. The topological polar surface area (TPSA) is 157 Å². The number of hydrogen-bond donors (Lipinski definition) is 6. The molecule has 0 aromatic carbocycles. The molecule has 1 rings (SSSR count). The van der Waals surface area contributed by atoms with Crippen LogP contribution in [0.2, 0.25) is 0 Å². The first-order chi connectivity index (χ1) is 8.86. The molecule has 0 aromatic heterocycles. The van der Waals surface area contributed by atoms with E-state index in [1.807, 2.05) is 5.32 Å². The Balaban J connectivity index is 2.84. The van der Waals surface area contributed by atoms with Crippen molar-refractivity contribution in [3.63, 3.8) is 0 Å². The molecule has 19 heavy (non-hydrogen) atoms. The van der Waals surface area contributed by atoms with Gasteiger partial charge < -0.3 is 36.6 Å². The fraction of sp³-hybridized carbons (Fsp3) is 0.625. The third-order valence-corrected chi connectivity index (χ3v) is 2.32. The predicted molar refractivity (Wildman–Crippen MR) is 59.5 cm³/mol. The van der Waals surface area contributed by atoms with Crippen LogP contribution in [-0.2, 0) is 4.74 Å². The second-order valence-corrected chi connectivity index (χ2v) is 3.61. The van der Waals surface area contributed by atoms with Gasteiger partial charge in [-0.2, -0.15) is 13.8 Å². The van der Waals surface area contributed by atoms with Crippen molar-refractivity contribution in [1.82, 2.24) is 5.32 Å². The number of rotatable bonds is 3. The monoisotopic (exact) mass is 281 g/mol. The molecule has 0 saturated carbocycles.